The van der Waals surface area contributed by atoms with Gasteiger partial charge in [-0.3, -0.25) is 4.79 Å². The van der Waals surface area contributed by atoms with E-state index in [9.17, 15) is 4.79 Å². The number of oxazole rings is 1. The maximum absolute atomic E-state index is 10.6. The number of benzene rings is 1. The Morgan fingerprint density at radius 2 is 2.11 bits per heavy atom. The molecule has 0 amide bonds. The number of hydrogen-bond donors (Lipinski definition) is 1. The number of carbonyl (C=O) groups is 1. The first-order chi connectivity index (χ1) is 9.06. The molecule has 2 rings (SSSR count). The van der Waals surface area contributed by atoms with Gasteiger partial charge in [0.05, 0.1) is 12.1 Å². The van der Waals surface area contributed by atoms with Crippen LogP contribution in [0.25, 0.3) is 0 Å². The molecule has 1 aromatic carbocycles. The third kappa shape index (κ3) is 3.34. The van der Waals surface area contributed by atoms with Crippen LogP contribution < -0.4 is 4.74 Å². The van der Waals surface area contributed by atoms with Gasteiger partial charge in [-0.2, -0.15) is 0 Å². The maximum Gasteiger partial charge on any atom is 0.309 e. The molecular formula is C14H15NO4. The van der Waals surface area contributed by atoms with Crippen LogP contribution in [0.2, 0.25) is 0 Å². The van der Waals surface area contributed by atoms with E-state index in [1.165, 1.54) is 0 Å². The molecule has 0 unspecified atom stereocenters. The average Bonchev–Trinajstić information content (AvgIpc) is 2.68. The molecule has 0 saturated heterocycles. The van der Waals surface area contributed by atoms with E-state index >= 15 is 0 Å². The second-order valence-electron chi connectivity index (χ2n) is 4.24. The van der Waals surface area contributed by atoms with E-state index in [4.69, 9.17) is 14.3 Å². The van der Waals surface area contributed by atoms with Gasteiger partial charge in [0.1, 0.15) is 11.5 Å². The Hall–Kier alpha value is -2.30. The molecule has 1 heterocycles. The monoisotopic (exact) mass is 261 g/mol. The zero-order chi connectivity index (χ0) is 13.8. The van der Waals surface area contributed by atoms with Crippen molar-refractivity contribution in [1.82, 2.24) is 4.98 Å². The lowest BCUT2D eigenvalue weighted by molar-refractivity contribution is -0.136. The largest absolute Gasteiger partial charge is 0.484 e. The Kier molecular flexibility index (Phi) is 3.85. The molecule has 5 nitrogen and oxygen atoms in total. The number of hydrogen-bond acceptors (Lipinski definition) is 4. The Bertz CT molecular complexity index is 589. The molecule has 0 spiro atoms. The second-order valence-corrected chi connectivity index (χ2v) is 4.24. The topological polar surface area (TPSA) is 72.6 Å². The van der Waals surface area contributed by atoms with Crippen LogP contribution in [0.5, 0.6) is 5.75 Å². The van der Waals surface area contributed by atoms with Crippen molar-refractivity contribution in [2.24, 2.45) is 0 Å². The summed E-state index contributed by atoms with van der Waals surface area (Å²) in [5.74, 6) is 0.740. The number of aromatic nitrogens is 1. The molecule has 19 heavy (non-hydrogen) atoms. The lowest BCUT2D eigenvalue weighted by Crippen LogP contribution is -2.02. The summed E-state index contributed by atoms with van der Waals surface area (Å²) in [6.07, 6.45) is -0.139. The average molecular weight is 261 g/mol. The van der Waals surface area contributed by atoms with Crippen LogP contribution in [0, 0.1) is 13.8 Å². The summed E-state index contributed by atoms with van der Waals surface area (Å²) in [6.45, 7) is 3.83. The molecule has 0 aliphatic rings. The number of aliphatic carboxylic acids is 1. The maximum atomic E-state index is 10.6. The zero-order valence-electron chi connectivity index (χ0n) is 10.8. The van der Waals surface area contributed by atoms with Crippen LogP contribution in [0.15, 0.2) is 28.7 Å². The predicted octanol–water partition coefficient (Wildman–Crippen LogP) is 2.50. The van der Waals surface area contributed by atoms with E-state index in [0.29, 0.717) is 17.3 Å². The molecule has 0 atom stereocenters. The zero-order valence-corrected chi connectivity index (χ0v) is 10.8. The fourth-order valence-electron chi connectivity index (χ4n) is 1.71. The van der Waals surface area contributed by atoms with Crippen LogP contribution in [-0.4, -0.2) is 16.1 Å². The molecule has 100 valence electrons. The van der Waals surface area contributed by atoms with Crippen molar-refractivity contribution in [3.8, 4) is 5.75 Å². The highest BCUT2D eigenvalue weighted by Crippen LogP contribution is 2.18. The fraction of sp³-hybridized carbons (Fsp3) is 0.286. The SMILES string of the molecule is Cc1ccccc1OCc1nc(CC(=O)O)c(C)o1. The van der Waals surface area contributed by atoms with E-state index < -0.39 is 5.97 Å². The highest BCUT2D eigenvalue weighted by Gasteiger charge is 2.13. The summed E-state index contributed by atoms with van der Waals surface area (Å²) < 4.78 is 11.0. The fourth-order valence-corrected chi connectivity index (χ4v) is 1.71. The van der Waals surface area contributed by atoms with Crippen molar-refractivity contribution < 1.29 is 19.1 Å². The van der Waals surface area contributed by atoms with Gasteiger partial charge in [-0.15, -0.1) is 0 Å². The molecular weight excluding hydrogens is 246 g/mol. The van der Waals surface area contributed by atoms with Gasteiger partial charge < -0.3 is 14.3 Å². The molecule has 5 heteroatoms. The molecule has 1 N–H and O–H groups in total. The molecule has 0 bridgehead atoms. The van der Waals surface area contributed by atoms with Crippen LogP contribution in [0.3, 0.4) is 0 Å². The number of nitrogens with zero attached hydrogens (tertiary/aromatic N) is 1. The minimum atomic E-state index is -0.928. The third-order valence-electron chi connectivity index (χ3n) is 2.70. The standard InChI is InChI=1S/C14H15NO4/c1-9-5-3-4-6-12(9)18-8-13-15-11(7-14(16)17)10(2)19-13/h3-6H,7-8H2,1-2H3,(H,16,17). The summed E-state index contributed by atoms with van der Waals surface area (Å²) in [6, 6.07) is 7.64. The predicted molar refractivity (Wildman–Crippen MR) is 68.1 cm³/mol. The Morgan fingerprint density at radius 1 is 1.37 bits per heavy atom. The van der Waals surface area contributed by atoms with Gasteiger partial charge in [-0.05, 0) is 25.5 Å². The smallest absolute Gasteiger partial charge is 0.309 e. The van der Waals surface area contributed by atoms with Crippen LogP contribution in [-0.2, 0) is 17.8 Å². The van der Waals surface area contributed by atoms with Gasteiger partial charge in [-0.1, -0.05) is 18.2 Å². The highest BCUT2D eigenvalue weighted by molar-refractivity contribution is 5.69. The number of ether oxygens (including phenoxy) is 1. The quantitative estimate of drug-likeness (QED) is 0.895. The van der Waals surface area contributed by atoms with Crippen molar-refractivity contribution in [2.75, 3.05) is 0 Å². The van der Waals surface area contributed by atoms with Crippen LogP contribution in [0.4, 0.5) is 0 Å². The lowest BCUT2D eigenvalue weighted by atomic mass is 10.2. The third-order valence-corrected chi connectivity index (χ3v) is 2.70. The highest BCUT2D eigenvalue weighted by atomic mass is 16.5. The van der Waals surface area contributed by atoms with Gasteiger partial charge in [0.15, 0.2) is 6.61 Å². The van der Waals surface area contributed by atoms with Gasteiger partial charge in [-0.25, -0.2) is 4.98 Å². The second kappa shape index (κ2) is 5.56. The van der Waals surface area contributed by atoms with E-state index in [2.05, 4.69) is 4.98 Å². The van der Waals surface area contributed by atoms with E-state index in [1.54, 1.807) is 6.92 Å². The minimum Gasteiger partial charge on any atom is -0.484 e. The van der Waals surface area contributed by atoms with Crippen molar-refractivity contribution in [3.63, 3.8) is 0 Å². The van der Waals surface area contributed by atoms with Crippen LogP contribution >= 0.6 is 0 Å². The first-order valence-corrected chi connectivity index (χ1v) is 5.91. The normalized spacial score (nSPS) is 10.4. The van der Waals surface area contributed by atoms with E-state index in [-0.39, 0.29) is 13.0 Å². The number of carboxylic acids is 1. The molecule has 1 aromatic heterocycles. The first-order valence-electron chi connectivity index (χ1n) is 5.91. The summed E-state index contributed by atoms with van der Waals surface area (Å²) in [5, 5.41) is 8.73. The van der Waals surface area contributed by atoms with Gasteiger partial charge in [0, 0.05) is 0 Å². The summed E-state index contributed by atoms with van der Waals surface area (Å²) in [4.78, 5) is 14.8. The van der Waals surface area contributed by atoms with Crippen molar-refractivity contribution >= 4 is 5.97 Å². The molecule has 2 aromatic rings. The van der Waals surface area contributed by atoms with Gasteiger partial charge in [0.2, 0.25) is 5.89 Å². The van der Waals surface area contributed by atoms with E-state index in [1.807, 2.05) is 31.2 Å². The summed E-state index contributed by atoms with van der Waals surface area (Å²) in [5.41, 5.74) is 1.47. The molecule has 0 aliphatic carbocycles. The molecule has 0 aliphatic heterocycles. The number of aryl methyl sites for hydroxylation is 2. The van der Waals surface area contributed by atoms with Crippen LogP contribution in [0.1, 0.15) is 22.9 Å². The lowest BCUT2D eigenvalue weighted by Gasteiger charge is -2.05. The number of para-hydroxylation sites is 1. The Morgan fingerprint density at radius 3 is 2.79 bits per heavy atom. The summed E-state index contributed by atoms with van der Waals surface area (Å²) >= 11 is 0. The van der Waals surface area contributed by atoms with Crippen molar-refractivity contribution in [3.05, 3.63) is 47.2 Å². The van der Waals surface area contributed by atoms with E-state index in [0.717, 1.165) is 11.3 Å². The number of rotatable bonds is 5. The number of carboxylic acid groups (broad SMARTS) is 1. The summed E-state index contributed by atoms with van der Waals surface area (Å²) in [7, 11) is 0. The molecule has 0 radical (unpaired) electrons. The van der Waals surface area contributed by atoms with Gasteiger partial charge >= 0.3 is 5.97 Å². The van der Waals surface area contributed by atoms with Crippen molar-refractivity contribution in [1.29, 1.82) is 0 Å². The Balaban J connectivity index is 2.04. The molecule has 0 saturated carbocycles. The molecule has 0 fully saturated rings. The minimum absolute atomic E-state index is 0.139. The first kappa shape index (κ1) is 13.1. The van der Waals surface area contributed by atoms with Gasteiger partial charge in [0.25, 0.3) is 0 Å². The Labute approximate surface area is 110 Å². The van der Waals surface area contributed by atoms with Crippen molar-refractivity contribution in [2.45, 2.75) is 26.9 Å².